The molecular formula is C25H34N8O3. The average Bonchev–Trinajstić information content (AvgIpc) is 3.54. The molecule has 3 aliphatic rings. The molecule has 1 aliphatic carbocycles. The van der Waals surface area contributed by atoms with Crippen molar-refractivity contribution in [3.63, 3.8) is 0 Å². The van der Waals surface area contributed by atoms with E-state index in [-0.39, 0.29) is 24.0 Å². The molecule has 5 rings (SSSR count). The highest BCUT2D eigenvalue weighted by Crippen LogP contribution is 2.35. The third-order valence-electron chi connectivity index (χ3n) is 7.40. The van der Waals surface area contributed by atoms with Gasteiger partial charge in [-0.05, 0) is 51.0 Å². The monoisotopic (exact) mass is 494 g/mol. The van der Waals surface area contributed by atoms with Crippen molar-refractivity contribution in [3.8, 4) is 5.88 Å². The summed E-state index contributed by atoms with van der Waals surface area (Å²) in [6.07, 6.45) is 9.92. The lowest BCUT2D eigenvalue weighted by Gasteiger charge is -2.38. The minimum atomic E-state index is -0.243. The Hall–Kier alpha value is -3.47. The molecule has 0 aromatic carbocycles. The van der Waals surface area contributed by atoms with Gasteiger partial charge in [-0.25, -0.2) is 19.7 Å². The molecule has 3 amide bonds. The first-order valence-electron chi connectivity index (χ1n) is 12.8. The first-order chi connectivity index (χ1) is 17.5. The molecule has 4 heterocycles. The summed E-state index contributed by atoms with van der Waals surface area (Å²) in [5.74, 6) is 2.06. The van der Waals surface area contributed by atoms with E-state index in [1.807, 2.05) is 19.1 Å². The van der Waals surface area contributed by atoms with Gasteiger partial charge >= 0.3 is 6.03 Å². The Kier molecular flexibility index (Phi) is 7.17. The summed E-state index contributed by atoms with van der Waals surface area (Å²) in [7, 11) is 1.79. The highest BCUT2D eigenvalue weighted by Gasteiger charge is 2.42. The predicted octanol–water partition coefficient (Wildman–Crippen LogP) is 2.48. The van der Waals surface area contributed by atoms with Gasteiger partial charge in [0.05, 0.1) is 31.1 Å². The molecule has 2 aromatic rings. The summed E-state index contributed by atoms with van der Waals surface area (Å²) in [5.41, 5.74) is 0.747. The van der Waals surface area contributed by atoms with Crippen LogP contribution in [0.2, 0.25) is 0 Å². The van der Waals surface area contributed by atoms with Crippen LogP contribution in [0.3, 0.4) is 0 Å². The lowest BCUT2D eigenvalue weighted by molar-refractivity contribution is -0.119. The summed E-state index contributed by atoms with van der Waals surface area (Å²) in [6, 6.07) is 3.89. The van der Waals surface area contributed by atoms with Crippen LogP contribution in [-0.2, 0) is 4.79 Å². The second kappa shape index (κ2) is 10.7. The average molecular weight is 495 g/mol. The van der Waals surface area contributed by atoms with Crippen LogP contribution in [0.5, 0.6) is 5.88 Å². The van der Waals surface area contributed by atoms with Gasteiger partial charge in [0.25, 0.3) is 0 Å². The number of hydrogen-bond acceptors (Lipinski definition) is 8. The quantitative estimate of drug-likeness (QED) is 0.536. The number of rotatable bonds is 7. The van der Waals surface area contributed by atoms with Gasteiger partial charge in [0.15, 0.2) is 5.82 Å². The molecule has 0 unspecified atom stereocenters. The Morgan fingerprint density at radius 1 is 1.19 bits per heavy atom. The number of piperidine rings is 2. The third kappa shape index (κ3) is 5.35. The molecule has 2 aliphatic heterocycles. The molecule has 2 aromatic heterocycles. The number of hydrogen-bond donors (Lipinski definition) is 3. The highest BCUT2D eigenvalue weighted by atomic mass is 16.5. The first-order valence-corrected chi connectivity index (χ1v) is 12.8. The van der Waals surface area contributed by atoms with Crippen molar-refractivity contribution in [1.82, 2.24) is 25.2 Å². The first kappa shape index (κ1) is 24.2. The third-order valence-corrected chi connectivity index (χ3v) is 7.40. The van der Waals surface area contributed by atoms with E-state index < -0.39 is 0 Å². The number of carbonyl (C=O) groups excluding carboxylic acids is 2. The van der Waals surface area contributed by atoms with Crippen LogP contribution in [0, 0.1) is 5.92 Å². The van der Waals surface area contributed by atoms with Crippen molar-refractivity contribution in [1.29, 1.82) is 0 Å². The van der Waals surface area contributed by atoms with Crippen LogP contribution in [0.1, 0.15) is 39.0 Å². The number of ether oxygens (including phenoxy) is 1. The highest BCUT2D eigenvalue weighted by molar-refractivity contribution is 5.95. The number of fused-ring (bicyclic) bond motifs is 2. The van der Waals surface area contributed by atoms with Gasteiger partial charge in [0.1, 0.15) is 5.82 Å². The van der Waals surface area contributed by atoms with E-state index >= 15 is 0 Å². The molecule has 192 valence electrons. The summed E-state index contributed by atoms with van der Waals surface area (Å²) in [6.45, 7) is 3.87. The fourth-order valence-electron chi connectivity index (χ4n) is 5.49. The van der Waals surface area contributed by atoms with E-state index in [1.54, 1.807) is 18.1 Å². The largest absolute Gasteiger partial charge is 0.477 e. The van der Waals surface area contributed by atoms with Crippen molar-refractivity contribution in [2.24, 2.45) is 5.92 Å². The molecule has 0 spiro atoms. The predicted molar refractivity (Wildman–Crippen MR) is 136 cm³/mol. The molecule has 2 saturated heterocycles. The number of anilines is 3. The van der Waals surface area contributed by atoms with E-state index in [1.165, 1.54) is 18.8 Å². The van der Waals surface area contributed by atoms with Crippen molar-refractivity contribution in [2.75, 3.05) is 42.3 Å². The SMILES string of the molecule is CCOc1cnc(NC(=O)N(C)[C@@H]2CCCN(c3cc(NC(=O)[C@@H]4N[C@H]5CC[C@@H]4C5)ccn3)C2)cn1. The van der Waals surface area contributed by atoms with Gasteiger partial charge in [-0.15, -0.1) is 0 Å². The lowest BCUT2D eigenvalue weighted by atomic mass is 9.99. The molecule has 2 bridgehead atoms. The van der Waals surface area contributed by atoms with Gasteiger partial charge < -0.3 is 25.2 Å². The van der Waals surface area contributed by atoms with Gasteiger partial charge in [-0.1, -0.05) is 0 Å². The van der Waals surface area contributed by atoms with Crippen LogP contribution in [0.25, 0.3) is 0 Å². The second-order valence-corrected chi connectivity index (χ2v) is 9.76. The number of nitrogens with zero attached hydrogens (tertiary/aromatic N) is 5. The maximum atomic E-state index is 12.8. The number of likely N-dealkylation sites (N-methyl/N-ethyl adjacent to an activating group) is 1. The van der Waals surface area contributed by atoms with Crippen LogP contribution in [0.15, 0.2) is 30.7 Å². The molecular weight excluding hydrogens is 460 g/mol. The number of carbonyl (C=O) groups is 2. The minimum absolute atomic E-state index is 0.00712. The van der Waals surface area contributed by atoms with Crippen molar-refractivity contribution >= 4 is 29.3 Å². The maximum absolute atomic E-state index is 12.8. The van der Waals surface area contributed by atoms with Crippen LogP contribution in [-0.4, -0.2) is 76.7 Å². The zero-order valence-corrected chi connectivity index (χ0v) is 20.8. The van der Waals surface area contributed by atoms with Crippen molar-refractivity contribution in [2.45, 2.75) is 57.2 Å². The minimum Gasteiger partial charge on any atom is -0.477 e. The molecule has 4 atom stereocenters. The van der Waals surface area contributed by atoms with E-state index in [9.17, 15) is 9.59 Å². The topological polar surface area (TPSA) is 125 Å². The lowest BCUT2D eigenvalue weighted by Crippen LogP contribution is -2.50. The molecule has 0 radical (unpaired) electrons. The van der Waals surface area contributed by atoms with E-state index in [0.29, 0.717) is 36.8 Å². The van der Waals surface area contributed by atoms with Gasteiger partial charge in [-0.3, -0.25) is 10.1 Å². The Balaban J connectivity index is 1.18. The zero-order valence-electron chi connectivity index (χ0n) is 20.8. The summed E-state index contributed by atoms with van der Waals surface area (Å²) < 4.78 is 5.29. The van der Waals surface area contributed by atoms with Gasteiger partial charge in [0.2, 0.25) is 11.8 Å². The summed E-state index contributed by atoms with van der Waals surface area (Å²) in [4.78, 5) is 42.4. The van der Waals surface area contributed by atoms with Crippen LogP contribution in [0.4, 0.5) is 22.1 Å². The van der Waals surface area contributed by atoms with E-state index in [4.69, 9.17) is 4.74 Å². The number of urea groups is 1. The molecule has 11 heteroatoms. The maximum Gasteiger partial charge on any atom is 0.323 e. The molecule has 1 saturated carbocycles. The molecule has 3 fully saturated rings. The van der Waals surface area contributed by atoms with E-state index in [2.05, 4.69) is 35.8 Å². The standard InChI is InChI=1S/C25H34N8O3/c1-3-36-22-14-27-20(13-28-22)31-25(35)32(2)19-5-4-10-33(15-19)21-12-18(8-9-26-21)30-24(34)23-16-6-7-17(11-16)29-23/h8-9,12-14,16-17,19,23,29H,3-7,10-11,15H2,1-2H3,(H,26,30,34)(H,27,31,35)/t16-,17+,19-,23-/m1/s1. The summed E-state index contributed by atoms with van der Waals surface area (Å²) >= 11 is 0. The number of aromatic nitrogens is 3. The fourth-order valence-corrected chi connectivity index (χ4v) is 5.49. The normalized spacial score (nSPS) is 24.9. The van der Waals surface area contributed by atoms with Gasteiger partial charge in [0, 0.05) is 44.1 Å². The van der Waals surface area contributed by atoms with Crippen LogP contribution >= 0.6 is 0 Å². The van der Waals surface area contributed by atoms with Crippen LogP contribution < -0.4 is 25.6 Å². The fraction of sp³-hybridized carbons (Fsp3) is 0.560. The van der Waals surface area contributed by atoms with Crippen molar-refractivity contribution in [3.05, 3.63) is 30.7 Å². The summed E-state index contributed by atoms with van der Waals surface area (Å²) in [5, 5.41) is 9.32. The Bertz CT molecular complexity index is 1080. The van der Waals surface area contributed by atoms with Gasteiger partial charge in [-0.2, -0.15) is 0 Å². The zero-order chi connectivity index (χ0) is 25.1. The Morgan fingerprint density at radius 3 is 2.81 bits per heavy atom. The van der Waals surface area contributed by atoms with E-state index in [0.717, 1.165) is 43.7 Å². The Labute approximate surface area is 211 Å². The smallest absolute Gasteiger partial charge is 0.323 e. The molecule has 11 nitrogen and oxygen atoms in total. The molecule has 3 N–H and O–H groups in total. The number of pyridine rings is 1. The number of nitrogens with one attached hydrogen (secondary N) is 3. The molecule has 36 heavy (non-hydrogen) atoms. The Morgan fingerprint density at radius 2 is 2.08 bits per heavy atom. The van der Waals surface area contributed by atoms with Crippen molar-refractivity contribution < 1.29 is 14.3 Å². The second-order valence-electron chi connectivity index (χ2n) is 9.76. The number of amides is 3.